The molecule has 7 rings (SSSR count). The minimum Gasteiger partial charge on any atom is -0.195 e. The van der Waals surface area contributed by atoms with Crippen molar-refractivity contribution in [1.29, 1.82) is 0 Å². The smallest absolute Gasteiger partial charge is 0.111 e. The van der Waals surface area contributed by atoms with E-state index in [1.54, 1.807) is 0 Å². The van der Waals surface area contributed by atoms with Crippen LogP contribution in [-0.4, -0.2) is 12.3 Å². The van der Waals surface area contributed by atoms with Crippen molar-refractivity contribution >= 4 is 51.2 Å². The molecule has 0 aliphatic rings. The zero-order valence-electron chi connectivity index (χ0n) is 29.2. The van der Waals surface area contributed by atoms with Crippen molar-refractivity contribution in [2.24, 2.45) is 0 Å². The number of aryl methyl sites for hydroxylation is 3. The van der Waals surface area contributed by atoms with Crippen LogP contribution in [0.2, 0.25) is 0 Å². The van der Waals surface area contributed by atoms with Crippen LogP contribution in [-0.2, 0) is 0 Å². The van der Waals surface area contributed by atoms with Gasteiger partial charge in [-0.3, -0.25) is 0 Å². The molecule has 0 unspecified atom stereocenters. The van der Waals surface area contributed by atoms with E-state index >= 15 is 0 Å². The molecule has 0 spiro atoms. The summed E-state index contributed by atoms with van der Waals surface area (Å²) in [5.74, 6) is 0. The van der Waals surface area contributed by atoms with Crippen molar-refractivity contribution in [1.82, 2.24) is 0 Å². The van der Waals surface area contributed by atoms with Gasteiger partial charge in [0.25, 0.3) is 0 Å². The number of hydrogen-bond donors (Lipinski definition) is 0. The number of hydrogen-bond acceptors (Lipinski definition) is 0. The Hall–Kier alpha value is -4.97. The van der Waals surface area contributed by atoms with Crippen LogP contribution in [0, 0.1) is 20.8 Å². The predicted molar refractivity (Wildman–Crippen MR) is 220 cm³/mol. The van der Waals surface area contributed by atoms with Gasteiger partial charge in [-0.15, -0.1) is 0 Å². The highest BCUT2D eigenvalue weighted by atomic mass is 31.2. The van der Waals surface area contributed by atoms with Crippen molar-refractivity contribution in [2.45, 2.75) is 27.7 Å². The first-order valence-electron chi connectivity index (χ1n) is 17.5. The lowest BCUT2D eigenvalue weighted by atomic mass is 9.13. The SMILES string of the molecule is CC[P+](c1cccc(C)c1)(c1cccc(C)c1)c1cccc(C)c1.c1ccc([B-](c2ccccc2)(c2ccccc2)c2ccccc2)cc1. The molecule has 0 fully saturated rings. The maximum atomic E-state index is 2.39. The van der Waals surface area contributed by atoms with Crippen molar-refractivity contribution in [3.05, 3.63) is 211 Å². The quantitative estimate of drug-likeness (QED) is 0.115. The summed E-state index contributed by atoms with van der Waals surface area (Å²) in [5.41, 5.74) is 9.37. The highest BCUT2D eigenvalue weighted by Gasteiger charge is 2.43. The molecule has 0 saturated heterocycles. The lowest BCUT2D eigenvalue weighted by Crippen LogP contribution is -2.74. The molecular weight excluding hydrogens is 606 g/mol. The maximum Gasteiger partial charge on any atom is 0.111 e. The van der Waals surface area contributed by atoms with E-state index in [0.29, 0.717) is 0 Å². The zero-order chi connectivity index (χ0) is 34.1. The number of rotatable bonds is 8. The van der Waals surface area contributed by atoms with E-state index in [1.165, 1.54) is 54.5 Å². The van der Waals surface area contributed by atoms with Gasteiger partial charge in [-0.1, -0.05) is 158 Å². The van der Waals surface area contributed by atoms with E-state index in [1.807, 2.05) is 0 Å². The minimum atomic E-state index is -1.61. The Morgan fingerprint density at radius 2 is 0.612 bits per heavy atom. The topological polar surface area (TPSA) is 0 Å². The first-order valence-corrected chi connectivity index (χ1v) is 19.4. The largest absolute Gasteiger partial charge is 0.195 e. The van der Waals surface area contributed by atoms with Crippen LogP contribution >= 0.6 is 7.26 Å². The molecule has 7 aromatic rings. The molecule has 242 valence electrons. The van der Waals surface area contributed by atoms with Crippen molar-refractivity contribution < 1.29 is 0 Å². The minimum absolute atomic E-state index is 1.14. The third kappa shape index (κ3) is 6.96. The molecule has 0 aliphatic carbocycles. The van der Waals surface area contributed by atoms with Crippen LogP contribution in [0.15, 0.2) is 194 Å². The summed E-state index contributed by atoms with van der Waals surface area (Å²) in [7, 11) is -1.61. The van der Waals surface area contributed by atoms with Crippen molar-refractivity contribution in [3.63, 3.8) is 0 Å². The third-order valence-electron chi connectivity index (χ3n) is 10.00. The summed E-state index contributed by atoms with van der Waals surface area (Å²) >= 11 is 0. The summed E-state index contributed by atoms with van der Waals surface area (Å²) in [6, 6.07) is 70.9. The van der Waals surface area contributed by atoms with E-state index in [2.05, 4.69) is 222 Å². The fourth-order valence-electron chi connectivity index (χ4n) is 7.71. The van der Waals surface area contributed by atoms with E-state index in [0.717, 1.165) is 6.16 Å². The van der Waals surface area contributed by atoms with Crippen LogP contribution < -0.4 is 37.8 Å². The molecule has 2 heteroatoms. The average Bonchev–Trinajstić information content (AvgIpc) is 3.15. The Labute approximate surface area is 294 Å². The molecule has 0 aromatic heterocycles. The monoisotopic (exact) mass is 652 g/mol. The lowest BCUT2D eigenvalue weighted by molar-refractivity contribution is 1.44. The highest BCUT2D eigenvalue weighted by Crippen LogP contribution is 2.55. The second kappa shape index (κ2) is 15.5. The fourth-order valence-corrected chi connectivity index (χ4v) is 12.0. The molecule has 0 heterocycles. The molecule has 0 radical (unpaired) electrons. The lowest BCUT2D eigenvalue weighted by Gasteiger charge is -2.44. The zero-order valence-corrected chi connectivity index (χ0v) is 30.1. The second-order valence-corrected chi connectivity index (χ2v) is 17.0. The summed E-state index contributed by atoms with van der Waals surface area (Å²) in [6.45, 7) is 8.93. The van der Waals surface area contributed by atoms with E-state index in [-0.39, 0.29) is 0 Å². The summed E-state index contributed by atoms with van der Waals surface area (Å²) in [6.07, 6.45) is -0.0733. The van der Waals surface area contributed by atoms with Gasteiger partial charge in [-0.25, -0.2) is 0 Å². The Morgan fingerprint density at radius 3 is 0.837 bits per heavy atom. The van der Waals surface area contributed by atoms with Crippen LogP contribution in [0.4, 0.5) is 0 Å². The maximum absolute atomic E-state index is 2.39. The van der Waals surface area contributed by atoms with E-state index in [9.17, 15) is 0 Å². The summed E-state index contributed by atoms with van der Waals surface area (Å²) in [4.78, 5) is 0. The highest BCUT2D eigenvalue weighted by molar-refractivity contribution is 7.95. The first kappa shape index (κ1) is 33.9. The Kier molecular flexibility index (Phi) is 10.7. The average molecular weight is 653 g/mol. The van der Waals surface area contributed by atoms with Gasteiger partial charge in [0.2, 0.25) is 0 Å². The Morgan fingerprint density at radius 1 is 0.347 bits per heavy atom. The van der Waals surface area contributed by atoms with E-state index < -0.39 is 13.4 Å². The summed E-state index contributed by atoms with van der Waals surface area (Å²) < 4.78 is 0. The molecule has 0 aliphatic heterocycles. The molecule has 0 amide bonds. The van der Waals surface area contributed by atoms with Crippen molar-refractivity contribution in [2.75, 3.05) is 6.16 Å². The van der Waals surface area contributed by atoms with Gasteiger partial charge in [0, 0.05) is 0 Å². The third-order valence-corrected chi connectivity index (χ3v) is 14.4. The van der Waals surface area contributed by atoms with Gasteiger partial charge in [-0.05, 0) is 80.8 Å². The predicted octanol–water partition coefficient (Wildman–Crippen LogP) is 7.99. The van der Waals surface area contributed by atoms with Gasteiger partial charge >= 0.3 is 0 Å². The van der Waals surface area contributed by atoms with Crippen LogP contribution in [0.1, 0.15) is 23.6 Å². The van der Waals surface area contributed by atoms with Gasteiger partial charge in [0.05, 0.1) is 6.16 Å². The van der Waals surface area contributed by atoms with Crippen LogP contribution in [0.3, 0.4) is 0 Å². The van der Waals surface area contributed by atoms with Gasteiger partial charge in [-0.2, -0.15) is 21.9 Å². The van der Waals surface area contributed by atoms with Gasteiger partial charge < -0.3 is 0 Å². The fraction of sp³-hybridized carbons (Fsp3) is 0.106. The van der Waals surface area contributed by atoms with Crippen molar-refractivity contribution in [3.8, 4) is 0 Å². The molecular formula is C47H46BP. The van der Waals surface area contributed by atoms with Crippen LogP contribution in [0.5, 0.6) is 0 Å². The molecule has 0 N–H and O–H groups in total. The molecule has 49 heavy (non-hydrogen) atoms. The molecule has 0 bridgehead atoms. The molecule has 0 nitrogen and oxygen atoms in total. The number of benzene rings is 7. The standard InChI is InChI=1S/C24H20B.C23H26P/c1-5-13-21(14-6-1)25(22-15-7-2-8-16-22,23-17-9-3-10-18-23)24-19-11-4-12-20-24;1-5-24(21-12-6-9-18(2)15-21,22-13-7-10-19(3)16-22)23-14-8-11-20(4)17-23/h1-20H;6-17H,5H2,1-4H3/q-1;+1. The first-order chi connectivity index (χ1) is 24.0. The Bertz CT molecular complexity index is 1800. The van der Waals surface area contributed by atoms with Crippen LogP contribution in [0.25, 0.3) is 0 Å². The molecule has 0 saturated carbocycles. The second-order valence-electron chi connectivity index (χ2n) is 13.2. The molecule has 0 atom stereocenters. The molecule has 7 aromatic carbocycles. The van der Waals surface area contributed by atoms with Gasteiger partial charge in [0.1, 0.15) is 29.3 Å². The Balaban J connectivity index is 0.000000170. The summed E-state index contributed by atoms with van der Waals surface area (Å²) in [5, 5.41) is 4.46. The van der Waals surface area contributed by atoms with E-state index in [4.69, 9.17) is 0 Å². The normalized spacial score (nSPS) is 11.3. The van der Waals surface area contributed by atoms with Gasteiger partial charge in [0.15, 0.2) is 0 Å².